The molecule has 0 saturated carbocycles. The first-order valence-corrected chi connectivity index (χ1v) is 6.15. The van der Waals surface area contributed by atoms with Gasteiger partial charge in [-0.3, -0.25) is 9.89 Å². The minimum atomic E-state index is -0.0748. The van der Waals surface area contributed by atoms with Crippen LogP contribution in [-0.2, 0) is 24.4 Å². The molecule has 6 nitrogen and oxygen atoms in total. The second-order valence-corrected chi connectivity index (χ2v) is 4.41. The largest absolute Gasteiger partial charge is 0.372 e. The van der Waals surface area contributed by atoms with Crippen molar-refractivity contribution in [3.63, 3.8) is 0 Å². The van der Waals surface area contributed by atoms with Crippen molar-refractivity contribution in [3.05, 3.63) is 47.0 Å². The predicted octanol–water partition coefficient (Wildman–Crippen LogP) is 0.807. The topological polar surface area (TPSA) is 79.9 Å². The van der Waals surface area contributed by atoms with Crippen molar-refractivity contribution < 1.29 is 9.53 Å². The zero-order chi connectivity index (χ0) is 13.1. The summed E-state index contributed by atoms with van der Waals surface area (Å²) in [6, 6.07) is 5.68. The highest BCUT2D eigenvalue weighted by Crippen LogP contribution is 2.20. The fraction of sp³-hybridized carbons (Fsp3) is 0.308. The van der Waals surface area contributed by atoms with Gasteiger partial charge in [0.15, 0.2) is 0 Å². The van der Waals surface area contributed by atoms with Gasteiger partial charge in [0.25, 0.3) is 5.91 Å². The monoisotopic (exact) mass is 258 g/mol. The number of fused-ring (bicyclic) bond motifs is 1. The van der Waals surface area contributed by atoms with Gasteiger partial charge in [0.2, 0.25) is 0 Å². The van der Waals surface area contributed by atoms with E-state index in [-0.39, 0.29) is 5.91 Å². The van der Waals surface area contributed by atoms with Crippen molar-refractivity contribution >= 4 is 5.91 Å². The SMILES string of the molecule is O=C(NCCc1ncn[nH]1)c1ccc2c(c1)COC2. The summed E-state index contributed by atoms with van der Waals surface area (Å²) in [4.78, 5) is 16.0. The number of ether oxygens (including phenoxy) is 1. The average molecular weight is 258 g/mol. The molecular formula is C13H14N4O2. The van der Waals surface area contributed by atoms with Crippen LogP contribution >= 0.6 is 0 Å². The normalized spacial score (nSPS) is 13.3. The molecule has 2 heterocycles. The molecule has 19 heavy (non-hydrogen) atoms. The molecule has 2 N–H and O–H groups in total. The third-order valence-electron chi connectivity index (χ3n) is 3.10. The van der Waals surface area contributed by atoms with E-state index in [0.717, 1.165) is 11.4 Å². The Labute approximate surface area is 110 Å². The van der Waals surface area contributed by atoms with Crippen LogP contribution in [0.4, 0.5) is 0 Å². The number of nitrogens with zero attached hydrogens (tertiary/aromatic N) is 2. The lowest BCUT2D eigenvalue weighted by Gasteiger charge is -2.05. The van der Waals surface area contributed by atoms with Gasteiger partial charge < -0.3 is 10.1 Å². The molecule has 0 atom stereocenters. The lowest BCUT2D eigenvalue weighted by Crippen LogP contribution is -2.26. The molecule has 1 aromatic carbocycles. The Balaban J connectivity index is 1.58. The van der Waals surface area contributed by atoms with Crippen LogP contribution in [0.5, 0.6) is 0 Å². The number of carbonyl (C=O) groups excluding carboxylic acids is 1. The number of H-pyrrole nitrogens is 1. The highest BCUT2D eigenvalue weighted by Gasteiger charge is 2.14. The van der Waals surface area contributed by atoms with E-state index in [1.54, 1.807) is 0 Å². The fourth-order valence-electron chi connectivity index (χ4n) is 2.06. The van der Waals surface area contributed by atoms with Gasteiger partial charge in [-0.25, -0.2) is 4.98 Å². The van der Waals surface area contributed by atoms with Crippen LogP contribution in [-0.4, -0.2) is 27.6 Å². The van der Waals surface area contributed by atoms with E-state index >= 15 is 0 Å². The average Bonchev–Trinajstić information content (AvgIpc) is 3.08. The molecule has 1 aliphatic rings. The molecule has 6 heteroatoms. The summed E-state index contributed by atoms with van der Waals surface area (Å²) in [6.45, 7) is 1.76. The van der Waals surface area contributed by atoms with E-state index in [2.05, 4.69) is 20.5 Å². The number of carbonyl (C=O) groups is 1. The number of rotatable bonds is 4. The van der Waals surface area contributed by atoms with Crippen LogP contribution in [0.2, 0.25) is 0 Å². The molecule has 3 rings (SSSR count). The van der Waals surface area contributed by atoms with Gasteiger partial charge in [0.1, 0.15) is 12.2 Å². The molecule has 2 aromatic rings. The highest BCUT2D eigenvalue weighted by molar-refractivity contribution is 5.94. The third kappa shape index (κ3) is 2.63. The van der Waals surface area contributed by atoms with E-state index in [4.69, 9.17) is 4.74 Å². The number of amides is 1. The Kier molecular flexibility index (Phi) is 3.24. The maximum absolute atomic E-state index is 12.0. The fourth-order valence-corrected chi connectivity index (χ4v) is 2.06. The van der Waals surface area contributed by atoms with Crippen LogP contribution in [0.15, 0.2) is 24.5 Å². The number of hydrogen-bond acceptors (Lipinski definition) is 4. The minimum Gasteiger partial charge on any atom is -0.372 e. The standard InChI is InChI=1S/C13H14N4O2/c18-13(14-4-3-12-15-8-16-17-12)9-1-2-10-6-19-7-11(10)5-9/h1-2,5,8H,3-4,6-7H2,(H,14,18)(H,15,16,17). The van der Waals surface area contributed by atoms with Crippen molar-refractivity contribution in [2.24, 2.45) is 0 Å². The molecule has 0 fully saturated rings. The number of benzene rings is 1. The first-order chi connectivity index (χ1) is 9.33. The second-order valence-electron chi connectivity index (χ2n) is 4.41. The molecule has 1 aliphatic heterocycles. The first-order valence-electron chi connectivity index (χ1n) is 6.15. The van der Waals surface area contributed by atoms with Crippen LogP contribution in [0.1, 0.15) is 27.3 Å². The number of hydrogen-bond donors (Lipinski definition) is 2. The van der Waals surface area contributed by atoms with Crippen LogP contribution < -0.4 is 5.32 Å². The van der Waals surface area contributed by atoms with E-state index in [1.807, 2.05) is 18.2 Å². The van der Waals surface area contributed by atoms with E-state index in [0.29, 0.717) is 31.7 Å². The number of aromatic nitrogens is 3. The molecular weight excluding hydrogens is 244 g/mol. The quantitative estimate of drug-likeness (QED) is 0.850. The van der Waals surface area contributed by atoms with Crippen LogP contribution in [0, 0.1) is 0 Å². The summed E-state index contributed by atoms with van der Waals surface area (Å²) < 4.78 is 5.33. The molecule has 0 unspecified atom stereocenters. The summed E-state index contributed by atoms with van der Waals surface area (Å²) in [5.41, 5.74) is 2.93. The summed E-state index contributed by atoms with van der Waals surface area (Å²) in [7, 11) is 0. The summed E-state index contributed by atoms with van der Waals surface area (Å²) in [6.07, 6.45) is 2.09. The zero-order valence-corrected chi connectivity index (χ0v) is 10.3. The Morgan fingerprint density at radius 1 is 1.37 bits per heavy atom. The Bertz CT molecular complexity index is 580. The molecule has 0 spiro atoms. The van der Waals surface area contributed by atoms with Crippen molar-refractivity contribution in [2.75, 3.05) is 6.54 Å². The molecule has 98 valence electrons. The Morgan fingerprint density at radius 2 is 2.26 bits per heavy atom. The molecule has 0 aliphatic carbocycles. The predicted molar refractivity (Wildman–Crippen MR) is 67.4 cm³/mol. The van der Waals surface area contributed by atoms with Crippen molar-refractivity contribution in [2.45, 2.75) is 19.6 Å². The second kappa shape index (κ2) is 5.19. The summed E-state index contributed by atoms with van der Waals surface area (Å²) in [5, 5.41) is 9.37. The lowest BCUT2D eigenvalue weighted by atomic mass is 10.1. The highest BCUT2D eigenvalue weighted by atomic mass is 16.5. The lowest BCUT2D eigenvalue weighted by molar-refractivity contribution is 0.0954. The zero-order valence-electron chi connectivity index (χ0n) is 10.3. The maximum atomic E-state index is 12.0. The van der Waals surface area contributed by atoms with Crippen LogP contribution in [0.25, 0.3) is 0 Å². The molecule has 1 aromatic heterocycles. The van der Waals surface area contributed by atoms with E-state index in [9.17, 15) is 4.79 Å². The Hall–Kier alpha value is -2.21. The van der Waals surface area contributed by atoms with Gasteiger partial charge in [-0.15, -0.1) is 0 Å². The molecule has 0 radical (unpaired) electrons. The van der Waals surface area contributed by atoms with Crippen molar-refractivity contribution in [3.8, 4) is 0 Å². The maximum Gasteiger partial charge on any atom is 0.251 e. The summed E-state index contributed by atoms with van der Waals surface area (Å²) >= 11 is 0. The van der Waals surface area contributed by atoms with Gasteiger partial charge >= 0.3 is 0 Å². The molecule has 0 saturated heterocycles. The Morgan fingerprint density at radius 3 is 3.11 bits per heavy atom. The van der Waals surface area contributed by atoms with Gasteiger partial charge in [0, 0.05) is 18.5 Å². The third-order valence-corrected chi connectivity index (χ3v) is 3.10. The first kappa shape index (κ1) is 11.9. The van der Waals surface area contributed by atoms with Gasteiger partial charge in [-0.05, 0) is 23.3 Å². The number of aromatic amines is 1. The van der Waals surface area contributed by atoms with Crippen molar-refractivity contribution in [1.82, 2.24) is 20.5 Å². The smallest absolute Gasteiger partial charge is 0.251 e. The van der Waals surface area contributed by atoms with Crippen LogP contribution in [0.3, 0.4) is 0 Å². The van der Waals surface area contributed by atoms with E-state index < -0.39 is 0 Å². The van der Waals surface area contributed by atoms with E-state index in [1.165, 1.54) is 11.9 Å². The molecule has 0 bridgehead atoms. The van der Waals surface area contributed by atoms with Gasteiger partial charge in [-0.2, -0.15) is 5.10 Å². The van der Waals surface area contributed by atoms with Gasteiger partial charge in [0.05, 0.1) is 13.2 Å². The minimum absolute atomic E-state index is 0.0748. The summed E-state index contributed by atoms with van der Waals surface area (Å²) in [5.74, 6) is 0.692. The van der Waals surface area contributed by atoms with Crippen molar-refractivity contribution in [1.29, 1.82) is 0 Å². The molecule has 1 amide bonds. The number of nitrogens with one attached hydrogen (secondary N) is 2. The van der Waals surface area contributed by atoms with Gasteiger partial charge in [-0.1, -0.05) is 6.07 Å².